The van der Waals surface area contributed by atoms with Gasteiger partial charge in [-0.15, -0.1) is 0 Å². The Balaban J connectivity index is 1.96. The molecule has 0 N–H and O–H groups in total. The van der Waals surface area contributed by atoms with Crippen molar-refractivity contribution in [3.8, 4) is 0 Å². The van der Waals surface area contributed by atoms with E-state index < -0.39 is 0 Å². The third kappa shape index (κ3) is 2.55. The van der Waals surface area contributed by atoms with Crippen molar-refractivity contribution >= 4 is 5.78 Å². The molecule has 2 nitrogen and oxygen atoms in total. The number of rotatable bonds is 3. The molecule has 114 valence electrons. The summed E-state index contributed by atoms with van der Waals surface area (Å²) in [5, 5.41) is 0. The van der Waals surface area contributed by atoms with Gasteiger partial charge < -0.3 is 0 Å². The Morgan fingerprint density at radius 3 is 2.48 bits per heavy atom. The summed E-state index contributed by atoms with van der Waals surface area (Å²) >= 11 is 0. The largest absolute Gasteiger partial charge is 0.300 e. The number of Topliss-reactive ketones (excluding diaryl/α,β-unsaturated/α-hetero) is 1. The molecule has 21 heavy (non-hydrogen) atoms. The lowest BCUT2D eigenvalue weighted by molar-refractivity contribution is -0.130. The molecule has 2 heteroatoms. The molecule has 2 aliphatic heterocycles. The molecule has 1 aromatic carbocycles. The molecule has 0 aliphatic carbocycles. The van der Waals surface area contributed by atoms with E-state index in [0.717, 1.165) is 6.42 Å². The standard InChI is InChI=1S/C19H27NO/c1-12(2)19(21)18-16(14-7-5-13(3)6-8-14)11-15-9-10-17(18)20(15)4/h5-8,12,15-18H,9-11H2,1-4H3/t15-,16+,17+,18+/m0/s1. The van der Waals surface area contributed by atoms with Crippen LogP contribution in [0.4, 0.5) is 0 Å². The monoisotopic (exact) mass is 285 g/mol. The van der Waals surface area contributed by atoms with Crippen molar-refractivity contribution in [1.29, 1.82) is 0 Å². The van der Waals surface area contributed by atoms with Crippen LogP contribution in [0.15, 0.2) is 24.3 Å². The first-order valence-electron chi connectivity index (χ1n) is 8.31. The van der Waals surface area contributed by atoms with Crippen molar-refractivity contribution in [2.45, 2.75) is 58.0 Å². The van der Waals surface area contributed by atoms with Crippen LogP contribution in [-0.4, -0.2) is 29.8 Å². The van der Waals surface area contributed by atoms with Gasteiger partial charge in [0.2, 0.25) is 0 Å². The average Bonchev–Trinajstić information content (AvgIpc) is 2.71. The van der Waals surface area contributed by atoms with Gasteiger partial charge in [-0.3, -0.25) is 9.69 Å². The minimum absolute atomic E-state index is 0.133. The average molecular weight is 285 g/mol. The van der Waals surface area contributed by atoms with E-state index in [1.165, 1.54) is 24.0 Å². The number of ketones is 1. The number of carbonyl (C=O) groups excluding carboxylic acids is 1. The van der Waals surface area contributed by atoms with Crippen molar-refractivity contribution < 1.29 is 4.79 Å². The summed E-state index contributed by atoms with van der Waals surface area (Å²) in [4.78, 5) is 15.3. The summed E-state index contributed by atoms with van der Waals surface area (Å²) in [5.74, 6) is 1.18. The van der Waals surface area contributed by atoms with Crippen LogP contribution < -0.4 is 0 Å². The molecule has 0 radical (unpaired) electrons. The minimum Gasteiger partial charge on any atom is -0.300 e. The van der Waals surface area contributed by atoms with E-state index in [1.54, 1.807) is 0 Å². The predicted molar refractivity (Wildman–Crippen MR) is 86.4 cm³/mol. The van der Waals surface area contributed by atoms with Gasteiger partial charge in [-0.2, -0.15) is 0 Å². The Hall–Kier alpha value is -1.15. The zero-order valence-corrected chi connectivity index (χ0v) is 13.7. The quantitative estimate of drug-likeness (QED) is 0.842. The molecule has 1 aromatic rings. The van der Waals surface area contributed by atoms with Crippen molar-refractivity contribution in [2.24, 2.45) is 11.8 Å². The van der Waals surface area contributed by atoms with E-state index in [-0.39, 0.29) is 11.8 Å². The van der Waals surface area contributed by atoms with E-state index in [1.807, 2.05) is 0 Å². The molecule has 2 fully saturated rings. The molecule has 3 rings (SSSR count). The number of fused-ring (bicyclic) bond motifs is 2. The number of aryl methyl sites for hydroxylation is 1. The van der Waals surface area contributed by atoms with Crippen LogP contribution in [0.25, 0.3) is 0 Å². The fourth-order valence-corrected chi connectivity index (χ4v) is 4.40. The molecule has 0 unspecified atom stereocenters. The van der Waals surface area contributed by atoms with Gasteiger partial charge >= 0.3 is 0 Å². The summed E-state index contributed by atoms with van der Waals surface area (Å²) in [5.41, 5.74) is 2.66. The van der Waals surface area contributed by atoms with Crippen molar-refractivity contribution in [3.05, 3.63) is 35.4 Å². The maximum atomic E-state index is 12.9. The molecule has 0 amide bonds. The van der Waals surface area contributed by atoms with E-state index in [2.05, 4.69) is 57.0 Å². The first-order chi connectivity index (χ1) is 9.99. The van der Waals surface area contributed by atoms with Crippen molar-refractivity contribution in [1.82, 2.24) is 4.90 Å². The number of benzene rings is 1. The summed E-state index contributed by atoms with van der Waals surface area (Å²) in [7, 11) is 2.22. The maximum Gasteiger partial charge on any atom is 0.140 e. The number of hydrogen-bond acceptors (Lipinski definition) is 2. The van der Waals surface area contributed by atoms with Crippen molar-refractivity contribution in [2.75, 3.05) is 7.05 Å². The van der Waals surface area contributed by atoms with Crippen LogP contribution in [0.2, 0.25) is 0 Å². The van der Waals surface area contributed by atoms with Crippen LogP contribution in [0, 0.1) is 18.8 Å². The Labute approximate surface area is 128 Å². The SMILES string of the molecule is Cc1ccc([C@H]2C[C@@H]3CC[C@H]([C@@H]2C(=O)C(C)C)N3C)cc1. The number of nitrogens with zero attached hydrogens (tertiary/aromatic N) is 1. The second-order valence-electron chi connectivity index (χ2n) is 7.30. The highest BCUT2D eigenvalue weighted by Gasteiger charge is 2.48. The Bertz CT molecular complexity index is 519. The molecule has 0 spiro atoms. The van der Waals surface area contributed by atoms with Gasteiger partial charge in [0.25, 0.3) is 0 Å². The summed E-state index contributed by atoms with van der Waals surface area (Å²) in [6.45, 7) is 6.23. The first kappa shape index (κ1) is 14.8. The number of piperidine rings is 1. The summed E-state index contributed by atoms with van der Waals surface area (Å²) < 4.78 is 0. The molecule has 2 heterocycles. The lowest BCUT2D eigenvalue weighted by atomic mass is 9.72. The molecule has 2 saturated heterocycles. The third-order valence-electron chi connectivity index (χ3n) is 5.67. The highest BCUT2D eigenvalue weighted by atomic mass is 16.1. The lowest BCUT2D eigenvalue weighted by Gasteiger charge is -2.43. The predicted octanol–water partition coefficient (Wildman–Crippen LogP) is 3.79. The van der Waals surface area contributed by atoms with Gasteiger partial charge in [-0.25, -0.2) is 0 Å². The minimum atomic E-state index is 0.133. The Morgan fingerprint density at radius 2 is 1.86 bits per heavy atom. The third-order valence-corrected chi connectivity index (χ3v) is 5.67. The van der Waals surface area contributed by atoms with Gasteiger partial charge in [0, 0.05) is 23.9 Å². The zero-order valence-electron chi connectivity index (χ0n) is 13.7. The molecular formula is C19H27NO. The zero-order chi connectivity index (χ0) is 15.1. The summed E-state index contributed by atoms with van der Waals surface area (Å²) in [6.07, 6.45) is 3.58. The first-order valence-corrected chi connectivity index (χ1v) is 8.31. The summed E-state index contributed by atoms with van der Waals surface area (Å²) in [6, 6.07) is 9.97. The van der Waals surface area contributed by atoms with Gasteiger partial charge in [0.1, 0.15) is 5.78 Å². The molecule has 2 aliphatic rings. The van der Waals surface area contributed by atoms with Crippen LogP contribution in [0.3, 0.4) is 0 Å². The van der Waals surface area contributed by atoms with E-state index >= 15 is 0 Å². The Morgan fingerprint density at radius 1 is 1.19 bits per heavy atom. The van der Waals surface area contributed by atoms with E-state index in [4.69, 9.17) is 0 Å². The van der Waals surface area contributed by atoms with Gasteiger partial charge in [-0.1, -0.05) is 43.7 Å². The number of carbonyl (C=O) groups is 1. The second-order valence-corrected chi connectivity index (χ2v) is 7.30. The van der Waals surface area contributed by atoms with Crippen molar-refractivity contribution in [3.63, 3.8) is 0 Å². The molecule has 2 bridgehead atoms. The van der Waals surface area contributed by atoms with Gasteiger partial charge in [0.05, 0.1) is 0 Å². The van der Waals surface area contributed by atoms with Gasteiger partial charge in [-0.05, 0) is 44.7 Å². The fraction of sp³-hybridized carbons (Fsp3) is 0.632. The topological polar surface area (TPSA) is 20.3 Å². The highest BCUT2D eigenvalue weighted by Crippen LogP contribution is 2.47. The number of hydrogen-bond donors (Lipinski definition) is 0. The molecule has 0 saturated carbocycles. The van der Waals surface area contributed by atoms with Gasteiger partial charge in [0.15, 0.2) is 0 Å². The maximum absolute atomic E-state index is 12.9. The second kappa shape index (κ2) is 5.57. The fourth-order valence-electron chi connectivity index (χ4n) is 4.40. The highest BCUT2D eigenvalue weighted by molar-refractivity contribution is 5.84. The van der Waals surface area contributed by atoms with Crippen LogP contribution in [0.1, 0.15) is 50.2 Å². The smallest absolute Gasteiger partial charge is 0.140 e. The van der Waals surface area contributed by atoms with Crippen LogP contribution in [0.5, 0.6) is 0 Å². The molecule has 4 atom stereocenters. The van der Waals surface area contributed by atoms with E-state index in [0.29, 0.717) is 23.8 Å². The lowest BCUT2D eigenvalue weighted by Crippen LogP contribution is -2.49. The van der Waals surface area contributed by atoms with Crippen LogP contribution >= 0.6 is 0 Å². The van der Waals surface area contributed by atoms with E-state index in [9.17, 15) is 4.79 Å². The molecular weight excluding hydrogens is 258 g/mol. The van der Waals surface area contributed by atoms with Crippen LogP contribution in [-0.2, 0) is 4.79 Å². The Kier molecular flexibility index (Phi) is 3.92. The molecule has 0 aromatic heterocycles. The normalized spacial score (nSPS) is 32.6.